The summed E-state index contributed by atoms with van der Waals surface area (Å²) in [7, 11) is 1.59. The molecular weight excluding hydrogens is 503 g/mol. The molecule has 1 aliphatic heterocycles. The maximum Gasteiger partial charge on any atom is 0.247 e. The molecule has 11 heteroatoms. The van der Waals surface area contributed by atoms with E-state index < -0.39 is 11.9 Å². The molecule has 0 unspecified atom stereocenters. The van der Waals surface area contributed by atoms with Crippen molar-refractivity contribution in [3.05, 3.63) is 59.9 Å². The highest BCUT2D eigenvalue weighted by Gasteiger charge is 2.35. The first-order valence-electron chi connectivity index (χ1n) is 13.4. The minimum atomic E-state index is -0.951. The number of methoxy groups -OCH3 is 1. The van der Waals surface area contributed by atoms with Gasteiger partial charge in [0, 0.05) is 24.8 Å². The van der Waals surface area contributed by atoms with Gasteiger partial charge in [0.05, 0.1) is 13.2 Å². The highest BCUT2D eigenvalue weighted by molar-refractivity contribution is 5.89. The van der Waals surface area contributed by atoms with E-state index in [1.807, 2.05) is 12.1 Å². The number of benzene rings is 2. The van der Waals surface area contributed by atoms with Crippen LogP contribution in [-0.2, 0) is 20.9 Å². The molecule has 1 saturated heterocycles. The van der Waals surface area contributed by atoms with E-state index in [1.165, 1.54) is 21.8 Å². The molecule has 0 radical (unpaired) electrons. The molecule has 2 amide bonds. The zero-order valence-electron chi connectivity index (χ0n) is 22.0. The van der Waals surface area contributed by atoms with E-state index in [-0.39, 0.29) is 37.0 Å². The Hall–Kier alpha value is -3.86. The zero-order valence-corrected chi connectivity index (χ0v) is 22.0. The molecule has 0 spiro atoms. The molecule has 0 bridgehead atoms. The number of carbonyl (C=O) groups excluding carboxylic acids is 2. The van der Waals surface area contributed by atoms with Crippen LogP contribution in [0.3, 0.4) is 0 Å². The Bertz CT molecular complexity index is 1250. The Morgan fingerprint density at radius 1 is 1.10 bits per heavy atom. The summed E-state index contributed by atoms with van der Waals surface area (Å²) in [6, 6.07) is 12.0. The van der Waals surface area contributed by atoms with Gasteiger partial charge in [-0.3, -0.25) is 9.59 Å². The lowest BCUT2D eigenvalue weighted by molar-refractivity contribution is -0.143. The highest BCUT2D eigenvalue weighted by atomic mass is 19.1. The molecular formula is C28H33FN6O4. The van der Waals surface area contributed by atoms with E-state index in [4.69, 9.17) is 9.47 Å². The minimum Gasteiger partial charge on any atom is -0.497 e. The summed E-state index contributed by atoms with van der Waals surface area (Å²) in [5.41, 5.74) is 1.26. The molecule has 2 heterocycles. The second kappa shape index (κ2) is 12.3. The van der Waals surface area contributed by atoms with Gasteiger partial charge in [-0.25, -0.2) is 4.39 Å². The van der Waals surface area contributed by atoms with Crippen molar-refractivity contribution >= 4 is 11.8 Å². The summed E-state index contributed by atoms with van der Waals surface area (Å²) >= 11 is 0. The number of carbonyl (C=O) groups is 2. The third-order valence-electron chi connectivity index (χ3n) is 7.27. The van der Waals surface area contributed by atoms with Gasteiger partial charge in [-0.15, -0.1) is 10.2 Å². The molecule has 1 aromatic heterocycles. The van der Waals surface area contributed by atoms with E-state index in [9.17, 15) is 14.0 Å². The van der Waals surface area contributed by atoms with E-state index in [2.05, 4.69) is 20.7 Å². The first-order valence-corrected chi connectivity index (χ1v) is 13.4. The fourth-order valence-corrected chi connectivity index (χ4v) is 5.20. The highest BCUT2D eigenvalue weighted by Crippen LogP contribution is 2.27. The van der Waals surface area contributed by atoms with Gasteiger partial charge >= 0.3 is 0 Å². The Morgan fingerprint density at radius 3 is 2.51 bits per heavy atom. The van der Waals surface area contributed by atoms with E-state index in [0.717, 1.165) is 44.1 Å². The van der Waals surface area contributed by atoms with Crippen LogP contribution >= 0.6 is 0 Å². The summed E-state index contributed by atoms with van der Waals surface area (Å²) < 4.78 is 24.8. The Balaban J connectivity index is 1.41. The van der Waals surface area contributed by atoms with Gasteiger partial charge in [-0.2, -0.15) is 4.80 Å². The van der Waals surface area contributed by atoms with Crippen LogP contribution < -0.4 is 10.1 Å². The number of hydrogen-bond acceptors (Lipinski definition) is 7. The smallest absolute Gasteiger partial charge is 0.247 e. The summed E-state index contributed by atoms with van der Waals surface area (Å²) in [6.07, 6.45) is 5.38. The number of tetrazole rings is 1. The molecule has 1 saturated carbocycles. The Kier molecular flexibility index (Phi) is 8.45. The van der Waals surface area contributed by atoms with Crippen LogP contribution in [-0.4, -0.2) is 69.3 Å². The molecule has 2 fully saturated rings. The third kappa shape index (κ3) is 6.59. The van der Waals surface area contributed by atoms with Crippen molar-refractivity contribution in [1.29, 1.82) is 0 Å². The molecule has 2 atom stereocenters. The van der Waals surface area contributed by atoms with Crippen molar-refractivity contribution in [3.63, 3.8) is 0 Å². The number of hydrogen-bond donors (Lipinski definition) is 1. The van der Waals surface area contributed by atoms with Gasteiger partial charge in [0.15, 0.2) is 0 Å². The standard InChI is InChI=1S/C28H33FN6O4/c1-38-23-14-10-20(11-15-23)27-31-33-35(32-27)18-25(36)34(17-24-7-4-16-39-24)26(19-8-12-21(29)13-9-19)28(37)30-22-5-2-3-6-22/h8-15,22,24,26H,2-7,16-18H2,1H3,(H,30,37)/t24-,26+/m1/s1. The number of ether oxygens (including phenoxy) is 2. The fraction of sp³-hybridized carbons (Fsp3) is 0.464. The molecule has 1 aliphatic carbocycles. The summed E-state index contributed by atoms with van der Waals surface area (Å²) in [5.74, 6) is 0.00739. The number of halogens is 1. The first-order chi connectivity index (χ1) is 19.0. The number of nitrogens with zero attached hydrogens (tertiary/aromatic N) is 5. The second-order valence-electron chi connectivity index (χ2n) is 10.00. The molecule has 2 aromatic carbocycles. The number of amides is 2. The lowest BCUT2D eigenvalue weighted by Gasteiger charge is -2.33. The van der Waals surface area contributed by atoms with Crippen LogP contribution in [0, 0.1) is 5.82 Å². The normalized spacial score (nSPS) is 18.2. The van der Waals surface area contributed by atoms with Crippen LogP contribution in [0.25, 0.3) is 11.4 Å². The number of rotatable bonds is 10. The minimum absolute atomic E-state index is 0.0594. The predicted octanol–water partition coefficient (Wildman–Crippen LogP) is 3.30. The predicted molar refractivity (Wildman–Crippen MR) is 140 cm³/mol. The lowest BCUT2D eigenvalue weighted by Crippen LogP contribution is -2.49. The first kappa shape index (κ1) is 26.7. The van der Waals surface area contributed by atoms with Crippen molar-refractivity contribution in [2.24, 2.45) is 0 Å². The van der Waals surface area contributed by atoms with Crippen molar-refractivity contribution in [2.45, 2.75) is 63.3 Å². The molecule has 2 aliphatic rings. The molecule has 3 aromatic rings. The maximum absolute atomic E-state index is 13.8. The van der Waals surface area contributed by atoms with Gasteiger partial charge in [0.1, 0.15) is 24.2 Å². The Morgan fingerprint density at radius 2 is 1.85 bits per heavy atom. The van der Waals surface area contributed by atoms with Crippen molar-refractivity contribution < 1.29 is 23.5 Å². The maximum atomic E-state index is 13.8. The van der Waals surface area contributed by atoms with E-state index in [0.29, 0.717) is 23.7 Å². The lowest BCUT2D eigenvalue weighted by atomic mass is 10.0. The monoisotopic (exact) mass is 536 g/mol. The molecule has 10 nitrogen and oxygen atoms in total. The van der Waals surface area contributed by atoms with Gasteiger partial charge in [-0.05, 0) is 72.9 Å². The van der Waals surface area contributed by atoms with Crippen molar-refractivity contribution in [1.82, 2.24) is 30.4 Å². The zero-order chi connectivity index (χ0) is 27.2. The number of aromatic nitrogens is 4. The van der Waals surface area contributed by atoms with Crippen LogP contribution in [0.2, 0.25) is 0 Å². The largest absolute Gasteiger partial charge is 0.497 e. The number of nitrogens with one attached hydrogen (secondary N) is 1. The van der Waals surface area contributed by atoms with Crippen molar-refractivity contribution in [3.8, 4) is 17.1 Å². The molecule has 1 N–H and O–H groups in total. The van der Waals surface area contributed by atoms with E-state index in [1.54, 1.807) is 31.4 Å². The van der Waals surface area contributed by atoms with Crippen LogP contribution in [0.15, 0.2) is 48.5 Å². The summed E-state index contributed by atoms with van der Waals surface area (Å²) in [4.78, 5) is 30.3. The molecule has 5 rings (SSSR count). The molecule has 206 valence electrons. The van der Waals surface area contributed by atoms with E-state index >= 15 is 0 Å². The van der Waals surface area contributed by atoms with Gasteiger partial charge < -0.3 is 19.7 Å². The quantitative estimate of drug-likeness (QED) is 0.423. The SMILES string of the molecule is COc1ccc(-c2nnn(CC(=O)N(C[C@H]3CCCO3)[C@H](C(=O)NC3CCCC3)c3ccc(F)cc3)n2)cc1. The summed E-state index contributed by atoms with van der Waals surface area (Å²) in [6.45, 7) is 0.612. The van der Waals surface area contributed by atoms with Crippen LogP contribution in [0.1, 0.15) is 50.1 Å². The topological polar surface area (TPSA) is 111 Å². The Labute approximate surface area is 226 Å². The van der Waals surface area contributed by atoms with Crippen LogP contribution in [0.5, 0.6) is 5.75 Å². The average Bonchev–Trinajstić information content (AvgIpc) is 3.73. The van der Waals surface area contributed by atoms with Gasteiger partial charge in [-0.1, -0.05) is 25.0 Å². The summed E-state index contributed by atoms with van der Waals surface area (Å²) in [5, 5.41) is 15.7. The van der Waals surface area contributed by atoms with Crippen molar-refractivity contribution in [2.75, 3.05) is 20.3 Å². The third-order valence-corrected chi connectivity index (χ3v) is 7.27. The second-order valence-corrected chi connectivity index (χ2v) is 10.00. The fourth-order valence-electron chi connectivity index (χ4n) is 5.20. The molecule has 39 heavy (non-hydrogen) atoms. The average molecular weight is 537 g/mol. The van der Waals surface area contributed by atoms with Gasteiger partial charge in [0.25, 0.3) is 0 Å². The van der Waals surface area contributed by atoms with Gasteiger partial charge in [0.2, 0.25) is 17.6 Å². The van der Waals surface area contributed by atoms with Crippen LogP contribution in [0.4, 0.5) is 4.39 Å².